The summed E-state index contributed by atoms with van der Waals surface area (Å²) in [6.07, 6.45) is -13.1. The van der Waals surface area contributed by atoms with E-state index in [-0.39, 0.29) is 11.3 Å². The number of carbonyl (C=O) groups is 1. The van der Waals surface area contributed by atoms with Crippen LogP contribution in [0.5, 0.6) is 11.5 Å². The van der Waals surface area contributed by atoms with Crippen LogP contribution in [0.3, 0.4) is 0 Å². The molecule has 122 valence electrons. The Morgan fingerprint density at radius 1 is 1.23 bits per heavy atom. The molecule has 1 aliphatic rings. The molecule has 1 aromatic carbocycles. The number of halogens is 6. The van der Waals surface area contributed by atoms with Crippen molar-refractivity contribution in [3.63, 3.8) is 0 Å². The molecule has 0 fully saturated rings. The number of carboxylic acid groups (broad SMARTS) is 1. The van der Waals surface area contributed by atoms with Crippen molar-refractivity contribution in [2.75, 3.05) is 0 Å². The summed E-state index contributed by atoms with van der Waals surface area (Å²) in [4.78, 5) is 10.9. The monoisotopic (exact) mass is 330 g/mol. The molecule has 2 rings (SSSR count). The second-order valence-electron chi connectivity index (χ2n) is 4.55. The van der Waals surface area contributed by atoms with Gasteiger partial charge in [-0.2, -0.15) is 13.2 Å². The second kappa shape index (κ2) is 5.25. The molecule has 1 aliphatic heterocycles. The summed E-state index contributed by atoms with van der Waals surface area (Å²) in [5.74, 6) is -4.69. The molecule has 22 heavy (non-hydrogen) atoms. The van der Waals surface area contributed by atoms with E-state index in [2.05, 4.69) is 9.47 Å². The molecule has 1 aromatic rings. The molecule has 1 heterocycles. The van der Waals surface area contributed by atoms with Crippen molar-refractivity contribution in [1.29, 1.82) is 0 Å². The van der Waals surface area contributed by atoms with Gasteiger partial charge in [0, 0.05) is 0 Å². The van der Waals surface area contributed by atoms with Gasteiger partial charge in [-0.1, -0.05) is 0 Å². The van der Waals surface area contributed by atoms with E-state index in [1.165, 1.54) is 0 Å². The molecule has 0 spiro atoms. The summed E-state index contributed by atoms with van der Waals surface area (Å²) in [7, 11) is 0. The maximum absolute atomic E-state index is 12.8. The number of benzene rings is 1. The van der Waals surface area contributed by atoms with Gasteiger partial charge in [0.25, 0.3) is 0 Å². The van der Waals surface area contributed by atoms with E-state index in [9.17, 15) is 31.1 Å². The summed E-state index contributed by atoms with van der Waals surface area (Å²) in [6, 6.07) is 2.49. The van der Waals surface area contributed by atoms with Gasteiger partial charge in [0.05, 0.1) is 0 Å². The fourth-order valence-corrected chi connectivity index (χ4v) is 2.10. The molecule has 0 amide bonds. The van der Waals surface area contributed by atoms with E-state index >= 15 is 0 Å². The lowest BCUT2D eigenvalue weighted by molar-refractivity contribution is -0.274. The molecule has 0 aromatic heterocycles. The van der Waals surface area contributed by atoms with E-state index in [0.29, 0.717) is 0 Å². The van der Waals surface area contributed by atoms with Crippen molar-refractivity contribution >= 4 is 5.97 Å². The zero-order valence-corrected chi connectivity index (χ0v) is 10.5. The molecule has 0 saturated carbocycles. The molecule has 1 N–H and O–H groups in total. The second-order valence-corrected chi connectivity index (χ2v) is 4.55. The van der Waals surface area contributed by atoms with Crippen LogP contribution in [0.15, 0.2) is 18.2 Å². The number of alkyl halides is 6. The third-order valence-corrected chi connectivity index (χ3v) is 2.96. The normalized spacial score (nSPS) is 21.7. The zero-order valence-electron chi connectivity index (χ0n) is 10.5. The topological polar surface area (TPSA) is 55.8 Å². The van der Waals surface area contributed by atoms with Gasteiger partial charge in [0.15, 0.2) is 0 Å². The molecule has 0 aliphatic carbocycles. The molecule has 2 atom stereocenters. The Bertz CT molecular complexity index is 580. The number of carboxylic acids is 1. The van der Waals surface area contributed by atoms with Gasteiger partial charge in [0.1, 0.15) is 17.4 Å². The average Bonchev–Trinajstić information content (AvgIpc) is 2.33. The summed E-state index contributed by atoms with van der Waals surface area (Å²) in [5.41, 5.74) is -0.102. The van der Waals surface area contributed by atoms with Crippen molar-refractivity contribution in [2.45, 2.75) is 25.1 Å². The zero-order chi connectivity index (χ0) is 16.7. The number of hydrogen-bond donors (Lipinski definition) is 1. The number of fused-ring (bicyclic) bond motifs is 1. The summed E-state index contributed by atoms with van der Waals surface area (Å²) in [5, 5.41) is 8.86. The molecule has 0 unspecified atom stereocenters. The quantitative estimate of drug-likeness (QED) is 0.847. The molecule has 0 bridgehead atoms. The fourth-order valence-electron chi connectivity index (χ4n) is 2.10. The Morgan fingerprint density at radius 2 is 1.86 bits per heavy atom. The highest BCUT2D eigenvalue weighted by Gasteiger charge is 2.52. The Kier molecular flexibility index (Phi) is 3.88. The van der Waals surface area contributed by atoms with Crippen molar-refractivity contribution in [3.05, 3.63) is 23.8 Å². The molecule has 0 saturated heterocycles. The molecule has 10 heteroatoms. The lowest BCUT2D eigenvalue weighted by Gasteiger charge is -2.32. The number of rotatable bonds is 2. The first-order valence-corrected chi connectivity index (χ1v) is 5.82. The van der Waals surface area contributed by atoms with Crippen LogP contribution in [0.1, 0.15) is 5.56 Å². The Balaban J connectivity index is 2.33. The van der Waals surface area contributed by atoms with Crippen LogP contribution < -0.4 is 9.47 Å². The highest BCUT2D eigenvalue weighted by molar-refractivity contribution is 5.72. The number of aliphatic carboxylic acids is 1. The summed E-state index contributed by atoms with van der Waals surface area (Å²) >= 11 is 0. The predicted molar refractivity (Wildman–Crippen MR) is 58.4 cm³/mol. The molecule has 4 nitrogen and oxygen atoms in total. The van der Waals surface area contributed by atoms with Crippen LogP contribution in [-0.2, 0) is 11.2 Å². The van der Waals surface area contributed by atoms with Gasteiger partial charge in [-0.15, -0.1) is 13.2 Å². The Labute approximate surface area is 119 Å². The predicted octanol–water partition coefficient (Wildman–Crippen LogP) is 3.15. The van der Waals surface area contributed by atoms with Crippen molar-refractivity contribution in [1.82, 2.24) is 0 Å². The van der Waals surface area contributed by atoms with Gasteiger partial charge in [0.2, 0.25) is 6.10 Å². The van der Waals surface area contributed by atoms with Crippen LogP contribution in [0.2, 0.25) is 0 Å². The molecular weight excluding hydrogens is 322 g/mol. The van der Waals surface area contributed by atoms with Gasteiger partial charge in [-0.05, 0) is 30.2 Å². The van der Waals surface area contributed by atoms with Crippen LogP contribution in [0.25, 0.3) is 0 Å². The maximum Gasteiger partial charge on any atom is 0.573 e. The van der Waals surface area contributed by atoms with E-state index in [1.54, 1.807) is 0 Å². The largest absolute Gasteiger partial charge is 0.573 e. The van der Waals surface area contributed by atoms with E-state index in [1.807, 2.05) is 0 Å². The number of hydrogen-bond acceptors (Lipinski definition) is 3. The van der Waals surface area contributed by atoms with E-state index in [4.69, 9.17) is 5.11 Å². The first kappa shape index (κ1) is 16.2. The first-order valence-electron chi connectivity index (χ1n) is 5.82. The summed E-state index contributed by atoms with van der Waals surface area (Å²) < 4.78 is 82.9. The van der Waals surface area contributed by atoms with Crippen LogP contribution in [0.4, 0.5) is 26.3 Å². The van der Waals surface area contributed by atoms with E-state index in [0.717, 1.165) is 18.2 Å². The van der Waals surface area contributed by atoms with Crippen LogP contribution in [-0.4, -0.2) is 29.7 Å². The first-order chi connectivity index (χ1) is 9.97. The summed E-state index contributed by atoms with van der Waals surface area (Å²) in [6.45, 7) is 0. The Hall–Kier alpha value is -2.13. The van der Waals surface area contributed by atoms with E-state index < -0.39 is 42.7 Å². The minimum atomic E-state index is -4.97. The molecular formula is C12H8F6O4. The van der Waals surface area contributed by atoms with Crippen molar-refractivity contribution in [2.24, 2.45) is 5.92 Å². The van der Waals surface area contributed by atoms with Crippen LogP contribution >= 0.6 is 0 Å². The maximum atomic E-state index is 12.8. The number of ether oxygens (including phenoxy) is 2. The third-order valence-electron chi connectivity index (χ3n) is 2.96. The highest BCUT2D eigenvalue weighted by atomic mass is 19.4. The van der Waals surface area contributed by atoms with Gasteiger partial charge < -0.3 is 14.6 Å². The third kappa shape index (κ3) is 3.55. The lowest BCUT2D eigenvalue weighted by atomic mass is 9.90. The van der Waals surface area contributed by atoms with Gasteiger partial charge >= 0.3 is 18.5 Å². The SMILES string of the molecule is O=C(O)[C@@H]1Cc2cc(OC(F)(F)F)ccc2O[C@@H]1C(F)(F)F. The minimum absolute atomic E-state index is 0.102. The van der Waals surface area contributed by atoms with Gasteiger partial charge in [-0.3, -0.25) is 4.79 Å². The highest BCUT2D eigenvalue weighted by Crippen LogP contribution is 2.40. The Morgan fingerprint density at radius 3 is 2.36 bits per heavy atom. The van der Waals surface area contributed by atoms with Crippen molar-refractivity contribution < 1.29 is 45.7 Å². The average molecular weight is 330 g/mol. The van der Waals surface area contributed by atoms with Gasteiger partial charge in [-0.25, -0.2) is 0 Å². The molecule has 0 radical (unpaired) electrons. The smallest absolute Gasteiger partial charge is 0.481 e. The standard InChI is InChI=1S/C12H8F6O4/c13-11(14,15)9-7(10(19)20)4-5-3-6(22-12(16,17)18)1-2-8(5)21-9/h1-3,7,9H,4H2,(H,19,20)/t7-,9+/m1/s1. The fraction of sp³-hybridized carbons (Fsp3) is 0.417. The lowest BCUT2D eigenvalue weighted by Crippen LogP contribution is -2.47. The van der Waals surface area contributed by atoms with Crippen LogP contribution in [0, 0.1) is 5.92 Å². The minimum Gasteiger partial charge on any atom is -0.481 e. The van der Waals surface area contributed by atoms with Crippen molar-refractivity contribution in [3.8, 4) is 11.5 Å².